The molecule has 1 amide bonds. The predicted molar refractivity (Wildman–Crippen MR) is 62.7 cm³/mol. The van der Waals surface area contributed by atoms with Crippen molar-refractivity contribution in [2.45, 2.75) is 32.9 Å². The molecule has 0 spiro atoms. The highest BCUT2D eigenvalue weighted by atomic mass is 16.6. The Balaban J connectivity index is 2.18. The van der Waals surface area contributed by atoms with Crippen LogP contribution in [0.25, 0.3) is 0 Å². The van der Waals surface area contributed by atoms with Gasteiger partial charge in [-0.15, -0.1) is 0 Å². The summed E-state index contributed by atoms with van der Waals surface area (Å²) in [6.45, 7) is 4.41. The molecule has 0 fully saturated rings. The van der Waals surface area contributed by atoms with Crippen LogP contribution < -0.4 is 10.9 Å². The number of carbonyl (C=O) groups excluding carboxylic acids is 1. The van der Waals surface area contributed by atoms with Gasteiger partial charge in [0, 0.05) is 6.54 Å². The van der Waals surface area contributed by atoms with Gasteiger partial charge < -0.3 is 4.74 Å². The molecule has 1 aromatic carbocycles. The summed E-state index contributed by atoms with van der Waals surface area (Å²) in [5, 5.41) is 0. The minimum atomic E-state index is -0.440. The lowest BCUT2D eigenvalue weighted by atomic mass is 10.2. The molecule has 1 rings (SSSR count). The molecule has 0 aliphatic carbocycles. The fourth-order valence-corrected chi connectivity index (χ4v) is 1.11. The number of amides is 1. The highest BCUT2D eigenvalue weighted by Gasteiger charge is 2.05. The number of hydrazine groups is 1. The summed E-state index contributed by atoms with van der Waals surface area (Å²) in [4.78, 5) is 11.2. The van der Waals surface area contributed by atoms with Gasteiger partial charge in [0.05, 0.1) is 0 Å². The predicted octanol–water partition coefficient (Wildman–Crippen LogP) is 2.22. The number of benzene rings is 1. The molecule has 2 N–H and O–H groups in total. The lowest BCUT2D eigenvalue weighted by Gasteiger charge is -2.12. The largest absolute Gasteiger partial charge is 0.446 e. The van der Waals surface area contributed by atoms with Gasteiger partial charge in [0.2, 0.25) is 0 Å². The summed E-state index contributed by atoms with van der Waals surface area (Å²) in [6.07, 6.45) is 0.315. The molecule has 0 saturated heterocycles. The first-order valence-corrected chi connectivity index (χ1v) is 5.45. The molecule has 16 heavy (non-hydrogen) atoms. The standard InChI is InChI=1S/C12H18N2O2/c1-3-10(2)16-12(15)14-13-9-11-7-5-4-6-8-11/h4-8,10,13H,3,9H2,1-2H3,(H,14,15). The average molecular weight is 222 g/mol. The first-order chi connectivity index (χ1) is 7.72. The van der Waals surface area contributed by atoms with Gasteiger partial charge in [0.1, 0.15) is 6.10 Å². The lowest BCUT2D eigenvalue weighted by Crippen LogP contribution is -2.38. The summed E-state index contributed by atoms with van der Waals surface area (Å²) in [5.74, 6) is 0. The maximum absolute atomic E-state index is 11.2. The minimum Gasteiger partial charge on any atom is -0.446 e. The summed E-state index contributed by atoms with van der Waals surface area (Å²) in [6, 6.07) is 9.82. The third kappa shape index (κ3) is 4.79. The molecular weight excluding hydrogens is 204 g/mol. The molecule has 88 valence electrons. The zero-order chi connectivity index (χ0) is 11.8. The smallest absolute Gasteiger partial charge is 0.421 e. The summed E-state index contributed by atoms with van der Waals surface area (Å²) >= 11 is 0. The minimum absolute atomic E-state index is 0.0569. The molecule has 1 aromatic rings. The van der Waals surface area contributed by atoms with E-state index in [1.54, 1.807) is 0 Å². The van der Waals surface area contributed by atoms with Gasteiger partial charge in [-0.05, 0) is 18.9 Å². The van der Waals surface area contributed by atoms with Gasteiger partial charge in [0.15, 0.2) is 0 Å². The molecule has 0 heterocycles. The third-order valence-electron chi connectivity index (χ3n) is 2.21. The number of carbonyl (C=O) groups is 1. The number of nitrogens with one attached hydrogen (secondary N) is 2. The summed E-state index contributed by atoms with van der Waals surface area (Å²) in [7, 11) is 0. The molecule has 0 saturated carbocycles. The fourth-order valence-electron chi connectivity index (χ4n) is 1.11. The molecule has 1 unspecified atom stereocenters. The molecule has 4 heteroatoms. The van der Waals surface area contributed by atoms with Crippen LogP contribution in [0.5, 0.6) is 0 Å². The first-order valence-electron chi connectivity index (χ1n) is 5.45. The molecular formula is C12H18N2O2. The van der Waals surface area contributed by atoms with Gasteiger partial charge >= 0.3 is 6.09 Å². The molecule has 0 radical (unpaired) electrons. The van der Waals surface area contributed by atoms with Gasteiger partial charge in [-0.2, -0.15) is 0 Å². The van der Waals surface area contributed by atoms with E-state index in [4.69, 9.17) is 4.74 Å². The Morgan fingerprint density at radius 3 is 2.69 bits per heavy atom. The van der Waals surface area contributed by atoms with Gasteiger partial charge in [-0.25, -0.2) is 10.2 Å². The van der Waals surface area contributed by atoms with Crippen LogP contribution in [-0.2, 0) is 11.3 Å². The van der Waals surface area contributed by atoms with Gasteiger partial charge in [-0.3, -0.25) is 5.43 Å². The molecule has 0 aliphatic rings. The summed E-state index contributed by atoms with van der Waals surface area (Å²) in [5.41, 5.74) is 6.39. The van der Waals surface area contributed by atoms with Crippen molar-refractivity contribution in [1.29, 1.82) is 0 Å². The van der Waals surface area contributed by atoms with Crippen LogP contribution in [0.2, 0.25) is 0 Å². The molecule has 0 aromatic heterocycles. The molecule has 0 aliphatic heterocycles. The Bertz CT molecular complexity index is 314. The fraction of sp³-hybridized carbons (Fsp3) is 0.417. The highest BCUT2D eigenvalue weighted by molar-refractivity contribution is 5.66. The van der Waals surface area contributed by atoms with E-state index in [-0.39, 0.29) is 6.10 Å². The van der Waals surface area contributed by atoms with Crippen LogP contribution in [0, 0.1) is 0 Å². The Kier molecular flexibility index (Phi) is 5.36. The third-order valence-corrected chi connectivity index (χ3v) is 2.21. The van der Waals surface area contributed by atoms with Crippen molar-refractivity contribution >= 4 is 6.09 Å². The van der Waals surface area contributed by atoms with E-state index >= 15 is 0 Å². The normalized spacial score (nSPS) is 11.9. The average Bonchev–Trinajstić information content (AvgIpc) is 2.30. The SMILES string of the molecule is CCC(C)OC(=O)NNCc1ccccc1. The van der Waals surface area contributed by atoms with E-state index in [1.807, 2.05) is 44.2 Å². The molecule has 0 bridgehead atoms. The summed E-state index contributed by atoms with van der Waals surface area (Å²) < 4.78 is 5.02. The quantitative estimate of drug-likeness (QED) is 0.751. The Morgan fingerprint density at radius 2 is 2.06 bits per heavy atom. The van der Waals surface area contributed by atoms with Crippen LogP contribution >= 0.6 is 0 Å². The second-order valence-electron chi connectivity index (χ2n) is 3.59. The van der Waals surface area contributed by atoms with Gasteiger partial charge in [-0.1, -0.05) is 37.3 Å². The highest BCUT2D eigenvalue weighted by Crippen LogP contribution is 1.97. The van der Waals surface area contributed by atoms with Crippen molar-refractivity contribution in [3.8, 4) is 0 Å². The molecule has 1 atom stereocenters. The number of ether oxygens (including phenoxy) is 1. The molecule has 4 nitrogen and oxygen atoms in total. The maximum Gasteiger partial charge on any atom is 0.421 e. The van der Waals surface area contributed by atoms with E-state index in [2.05, 4.69) is 10.9 Å². The zero-order valence-corrected chi connectivity index (χ0v) is 9.69. The lowest BCUT2D eigenvalue weighted by molar-refractivity contribution is 0.101. The number of hydrogen-bond acceptors (Lipinski definition) is 3. The zero-order valence-electron chi connectivity index (χ0n) is 9.69. The van der Waals surface area contributed by atoms with Crippen molar-refractivity contribution < 1.29 is 9.53 Å². The second kappa shape index (κ2) is 6.85. The Labute approximate surface area is 96.0 Å². The van der Waals surface area contributed by atoms with Crippen LogP contribution in [0.15, 0.2) is 30.3 Å². The van der Waals surface area contributed by atoms with E-state index < -0.39 is 6.09 Å². The topological polar surface area (TPSA) is 50.4 Å². The number of rotatable bonds is 5. The Hall–Kier alpha value is -1.55. The monoisotopic (exact) mass is 222 g/mol. The van der Waals surface area contributed by atoms with Crippen LogP contribution in [-0.4, -0.2) is 12.2 Å². The first kappa shape index (κ1) is 12.5. The van der Waals surface area contributed by atoms with Crippen LogP contribution in [0.1, 0.15) is 25.8 Å². The number of hydrogen-bond donors (Lipinski definition) is 2. The van der Waals surface area contributed by atoms with E-state index in [0.717, 1.165) is 12.0 Å². The van der Waals surface area contributed by atoms with Crippen molar-refractivity contribution in [3.05, 3.63) is 35.9 Å². The van der Waals surface area contributed by atoms with E-state index in [1.165, 1.54) is 0 Å². The van der Waals surface area contributed by atoms with Gasteiger partial charge in [0.25, 0.3) is 0 Å². The van der Waals surface area contributed by atoms with Crippen molar-refractivity contribution in [2.75, 3.05) is 0 Å². The second-order valence-corrected chi connectivity index (χ2v) is 3.59. The van der Waals surface area contributed by atoms with Crippen molar-refractivity contribution in [1.82, 2.24) is 10.9 Å². The Morgan fingerprint density at radius 1 is 1.38 bits per heavy atom. The maximum atomic E-state index is 11.2. The van der Waals surface area contributed by atoms with Crippen LogP contribution in [0.3, 0.4) is 0 Å². The van der Waals surface area contributed by atoms with E-state index in [0.29, 0.717) is 6.54 Å². The van der Waals surface area contributed by atoms with Crippen molar-refractivity contribution in [3.63, 3.8) is 0 Å². The van der Waals surface area contributed by atoms with E-state index in [9.17, 15) is 4.79 Å². The van der Waals surface area contributed by atoms with Crippen LogP contribution in [0.4, 0.5) is 4.79 Å². The van der Waals surface area contributed by atoms with Crippen molar-refractivity contribution in [2.24, 2.45) is 0 Å².